The summed E-state index contributed by atoms with van der Waals surface area (Å²) in [5.41, 5.74) is 17.3. The van der Waals surface area contributed by atoms with Crippen LogP contribution in [-0.2, 0) is 0 Å². The molecule has 0 saturated heterocycles. The van der Waals surface area contributed by atoms with Gasteiger partial charge in [-0.25, -0.2) is 4.98 Å². The molecular weight excluding hydrogens is 671 g/mol. The second-order valence-corrected chi connectivity index (χ2v) is 14.6. The van der Waals surface area contributed by atoms with Crippen molar-refractivity contribution in [3.05, 3.63) is 186 Å². The molecule has 0 aliphatic heterocycles. The highest BCUT2D eigenvalue weighted by molar-refractivity contribution is 6.10. The lowest BCUT2D eigenvalue weighted by molar-refractivity contribution is 0.483. The topological polar surface area (TPSA) is 39.9 Å². The van der Waals surface area contributed by atoms with Gasteiger partial charge in [0.1, 0.15) is 17.3 Å². The Labute approximate surface area is 322 Å². The first kappa shape index (κ1) is 34.0. The van der Waals surface area contributed by atoms with Crippen LogP contribution in [-0.4, -0.2) is 14.5 Å². The molecule has 0 unspecified atom stereocenters. The van der Waals surface area contributed by atoms with E-state index >= 15 is 0 Å². The fraction of sp³-hybridized carbons (Fsp3) is 0.0980. The van der Waals surface area contributed by atoms with E-state index in [1.807, 2.05) is 24.5 Å². The predicted molar refractivity (Wildman–Crippen MR) is 228 cm³/mol. The van der Waals surface area contributed by atoms with Crippen LogP contribution in [0.25, 0.3) is 72.3 Å². The summed E-state index contributed by atoms with van der Waals surface area (Å²) < 4.78 is 8.89. The number of aryl methyl sites for hydroxylation is 5. The smallest absolute Gasteiger partial charge is 0.137 e. The van der Waals surface area contributed by atoms with Crippen LogP contribution >= 0.6 is 0 Å². The van der Waals surface area contributed by atoms with Crippen molar-refractivity contribution in [2.75, 3.05) is 0 Å². The quantitative estimate of drug-likeness (QED) is 0.165. The Morgan fingerprint density at radius 3 is 1.91 bits per heavy atom. The van der Waals surface area contributed by atoms with Crippen molar-refractivity contribution in [1.82, 2.24) is 14.5 Å². The van der Waals surface area contributed by atoms with E-state index in [2.05, 4.69) is 173 Å². The lowest BCUT2D eigenvalue weighted by atomic mass is 9.95. The van der Waals surface area contributed by atoms with E-state index < -0.39 is 0 Å². The van der Waals surface area contributed by atoms with Crippen LogP contribution < -0.4 is 4.74 Å². The molecule has 0 aliphatic carbocycles. The number of benzene rings is 6. The second kappa shape index (κ2) is 13.9. The zero-order valence-electron chi connectivity index (χ0n) is 31.8. The SMILES string of the molecule is Cc1ccc(-c2cc(-c3cccc(Oc4ccc5c6cc(-c7ccc(-c8ccccc8)cc7)ccc6n(-c6cc(C)c(C)cn6)c5c4)c3)ncc2C)c(C)c1. The number of ether oxygens (including phenoxy) is 1. The lowest BCUT2D eigenvalue weighted by Gasteiger charge is -2.13. The van der Waals surface area contributed by atoms with Gasteiger partial charge in [0.05, 0.1) is 16.7 Å². The minimum absolute atomic E-state index is 0.750. The van der Waals surface area contributed by atoms with E-state index in [4.69, 9.17) is 14.7 Å². The summed E-state index contributed by atoms with van der Waals surface area (Å²) in [7, 11) is 0. The molecule has 266 valence electrons. The van der Waals surface area contributed by atoms with Crippen molar-refractivity contribution in [2.24, 2.45) is 0 Å². The van der Waals surface area contributed by atoms with Crippen molar-refractivity contribution in [3.63, 3.8) is 0 Å². The largest absolute Gasteiger partial charge is 0.457 e. The molecule has 0 amide bonds. The normalized spacial score (nSPS) is 11.4. The Balaban J connectivity index is 1.10. The maximum atomic E-state index is 6.63. The summed E-state index contributed by atoms with van der Waals surface area (Å²) >= 11 is 0. The van der Waals surface area contributed by atoms with Crippen LogP contribution in [0.2, 0.25) is 0 Å². The highest BCUT2D eigenvalue weighted by atomic mass is 16.5. The first-order valence-corrected chi connectivity index (χ1v) is 18.8. The van der Waals surface area contributed by atoms with Crippen LogP contribution in [0.15, 0.2) is 158 Å². The Morgan fingerprint density at radius 2 is 1.13 bits per heavy atom. The van der Waals surface area contributed by atoms with Gasteiger partial charge < -0.3 is 4.74 Å². The summed E-state index contributed by atoms with van der Waals surface area (Å²) in [5.74, 6) is 2.38. The van der Waals surface area contributed by atoms with Gasteiger partial charge in [0.2, 0.25) is 0 Å². The number of fused-ring (bicyclic) bond motifs is 3. The molecule has 0 bridgehead atoms. The fourth-order valence-corrected chi connectivity index (χ4v) is 7.65. The molecule has 3 heterocycles. The monoisotopic (exact) mass is 711 g/mol. The second-order valence-electron chi connectivity index (χ2n) is 14.6. The average molecular weight is 712 g/mol. The molecule has 0 atom stereocenters. The Bertz CT molecular complexity index is 2890. The zero-order chi connectivity index (χ0) is 37.6. The maximum absolute atomic E-state index is 6.63. The number of aromatic nitrogens is 3. The molecule has 4 nitrogen and oxygen atoms in total. The minimum atomic E-state index is 0.750. The van der Waals surface area contributed by atoms with Gasteiger partial charge in [0, 0.05) is 34.8 Å². The summed E-state index contributed by atoms with van der Waals surface area (Å²) in [4.78, 5) is 9.75. The molecule has 9 aromatic rings. The molecule has 0 radical (unpaired) electrons. The molecule has 0 aliphatic rings. The van der Waals surface area contributed by atoms with Crippen LogP contribution in [0.3, 0.4) is 0 Å². The molecular formula is C51H41N3O. The van der Waals surface area contributed by atoms with Gasteiger partial charge in [-0.3, -0.25) is 9.55 Å². The first-order chi connectivity index (χ1) is 26.8. The number of rotatable bonds is 7. The minimum Gasteiger partial charge on any atom is -0.457 e. The van der Waals surface area contributed by atoms with Gasteiger partial charge in [-0.2, -0.15) is 0 Å². The van der Waals surface area contributed by atoms with Crippen LogP contribution in [0, 0.1) is 34.6 Å². The third kappa shape index (κ3) is 6.46. The first-order valence-electron chi connectivity index (χ1n) is 18.8. The molecule has 3 aromatic heterocycles. The predicted octanol–water partition coefficient (Wildman–Crippen LogP) is 13.6. The van der Waals surface area contributed by atoms with Crippen molar-refractivity contribution < 1.29 is 4.74 Å². The Morgan fingerprint density at radius 1 is 0.418 bits per heavy atom. The van der Waals surface area contributed by atoms with Crippen LogP contribution in [0.5, 0.6) is 11.5 Å². The van der Waals surface area contributed by atoms with Gasteiger partial charge >= 0.3 is 0 Å². The number of hydrogen-bond acceptors (Lipinski definition) is 3. The summed E-state index contributed by atoms with van der Waals surface area (Å²) in [6.07, 6.45) is 3.93. The molecule has 0 spiro atoms. The van der Waals surface area contributed by atoms with E-state index in [0.717, 1.165) is 50.6 Å². The molecule has 55 heavy (non-hydrogen) atoms. The lowest BCUT2D eigenvalue weighted by Crippen LogP contribution is -1.99. The van der Waals surface area contributed by atoms with Crippen molar-refractivity contribution in [3.8, 4) is 62.0 Å². The van der Waals surface area contributed by atoms with Gasteiger partial charge in [-0.1, -0.05) is 96.6 Å². The number of hydrogen-bond donors (Lipinski definition) is 0. The van der Waals surface area contributed by atoms with Gasteiger partial charge in [-0.15, -0.1) is 0 Å². The molecule has 9 rings (SSSR count). The van der Waals surface area contributed by atoms with Crippen molar-refractivity contribution >= 4 is 21.8 Å². The summed E-state index contributed by atoms with van der Waals surface area (Å²) in [5, 5.41) is 2.31. The van der Waals surface area contributed by atoms with E-state index in [9.17, 15) is 0 Å². The molecule has 0 saturated carbocycles. The van der Waals surface area contributed by atoms with Crippen molar-refractivity contribution in [1.29, 1.82) is 0 Å². The fourth-order valence-electron chi connectivity index (χ4n) is 7.65. The van der Waals surface area contributed by atoms with Crippen molar-refractivity contribution in [2.45, 2.75) is 34.6 Å². The summed E-state index contributed by atoms with van der Waals surface area (Å²) in [6, 6.07) is 51.6. The maximum Gasteiger partial charge on any atom is 0.137 e. The number of pyridine rings is 2. The summed E-state index contributed by atoms with van der Waals surface area (Å²) in [6.45, 7) is 10.7. The molecule has 4 heteroatoms. The van der Waals surface area contributed by atoms with Gasteiger partial charge in [0.25, 0.3) is 0 Å². The van der Waals surface area contributed by atoms with E-state index in [1.54, 1.807) is 0 Å². The van der Waals surface area contributed by atoms with Gasteiger partial charge in [0.15, 0.2) is 0 Å². The van der Waals surface area contributed by atoms with E-state index in [0.29, 0.717) is 0 Å². The molecule has 6 aromatic carbocycles. The van der Waals surface area contributed by atoms with E-state index in [1.165, 1.54) is 61.0 Å². The molecule has 0 fully saturated rings. The van der Waals surface area contributed by atoms with E-state index in [-0.39, 0.29) is 0 Å². The van der Waals surface area contributed by atoms with Crippen LogP contribution in [0.1, 0.15) is 27.8 Å². The molecule has 0 N–H and O–H groups in total. The average Bonchev–Trinajstić information content (AvgIpc) is 3.53. The third-order valence-corrected chi connectivity index (χ3v) is 10.8. The Hall–Kier alpha value is -6.78. The Kier molecular flexibility index (Phi) is 8.59. The highest BCUT2D eigenvalue weighted by Crippen LogP contribution is 2.38. The number of nitrogens with zero attached hydrogens (tertiary/aromatic N) is 3. The highest BCUT2D eigenvalue weighted by Gasteiger charge is 2.17. The standard InChI is InChI=1S/C51H41N3O/c1-32-14-21-44(34(3)24-32)46-29-48(52-31-36(46)5)41-12-9-13-42(26-41)55-43-20-22-45-47-27-40(39-17-15-38(16-18-39)37-10-7-6-8-11-37)19-23-49(47)54(50(45)28-43)51-25-33(2)35(4)30-53-51/h6-31H,1-5H3. The third-order valence-electron chi connectivity index (χ3n) is 10.8. The van der Waals surface area contributed by atoms with Gasteiger partial charge in [-0.05, 0) is 139 Å². The zero-order valence-corrected chi connectivity index (χ0v) is 31.8. The van der Waals surface area contributed by atoms with Crippen LogP contribution in [0.4, 0.5) is 0 Å².